The number of anilines is 1. The Morgan fingerprint density at radius 3 is 2.44 bits per heavy atom. The molecular weight excluding hydrogens is 683 g/mol. The van der Waals surface area contributed by atoms with E-state index in [1.807, 2.05) is 4.98 Å². The van der Waals surface area contributed by atoms with E-state index in [0.29, 0.717) is 34.5 Å². The Morgan fingerprint density at radius 1 is 1.13 bits per heavy atom. The molecule has 16 heteroatoms. The molecule has 1 saturated heterocycles. The van der Waals surface area contributed by atoms with Gasteiger partial charge >= 0.3 is 11.4 Å². The normalized spacial score (nSPS) is 15.2. The van der Waals surface area contributed by atoms with Gasteiger partial charge in [0.05, 0.1) is 29.4 Å². The number of nitrogens with one attached hydrogen (secondary N) is 1. The molecule has 0 saturated carbocycles. The van der Waals surface area contributed by atoms with Gasteiger partial charge in [-0.2, -0.15) is 8.78 Å². The predicted octanol–water partition coefficient (Wildman–Crippen LogP) is 7.49. The first-order valence-electron chi connectivity index (χ1n) is 13.5. The maximum atomic E-state index is 14.1. The summed E-state index contributed by atoms with van der Waals surface area (Å²) in [5, 5.41) is -3.59. The van der Waals surface area contributed by atoms with E-state index in [9.17, 15) is 31.9 Å². The number of urea groups is 1. The van der Waals surface area contributed by atoms with Gasteiger partial charge in [-0.05, 0) is 65.9 Å². The van der Waals surface area contributed by atoms with Gasteiger partial charge in [-0.1, -0.05) is 41.0 Å². The first-order chi connectivity index (χ1) is 21.2. The van der Waals surface area contributed by atoms with E-state index in [-0.39, 0.29) is 46.0 Å². The van der Waals surface area contributed by atoms with Crippen molar-refractivity contribution in [2.75, 3.05) is 31.6 Å². The zero-order valence-electron chi connectivity index (χ0n) is 23.7. The smallest absolute Gasteiger partial charge is 0.362 e. The number of carbonyl (C=O) groups is 2. The van der Waals surface area contributed by atoms with E-state index in [4.69, 9.17) is 39.5 Å². The number of fused-ring (bicyclic) bond motifs is 1. The number of pyridine rings is 1. The third-order valence-corrected chi connectivity index (χ3v) is 9.78. The summed E-state index contributed by atoms with van der Waals surface area (Å²) >= 11 is 18.6. The molecule has 5 rings (SSSR count). The Balaban J connectivity index is 1.52. The summed E-state index contributed by atoms with van der Waals surface area (Å²) in [5.41, 5.74) is -0.121. The van der Waals surface area contributed by atoms with Gasteiger partial charge < -0.3 is 19.5 Å². The number of nitrogens with zero attached hydrogens (tertiary/aromatic N) is 3. The zero-order valence-corrected chi connectivity index (χ0v) is 26.8. The molecule has 3 amide bonds. The molecule has 1 N–H and O–H groups in total. The van der Waals surface area contributed by atoms with E-state index < -0.39 is 47.1 Å². The lowest BCUT2D eigenvalue weighted by Crippen LogP contribution is -2.51. The topological polar surface area (TPSA) is 85.9 Å². The second kappa shape index (κ2) is 12.9. The molecule has 2 aliphatic rings. The highest BCUT2D eigenvalue weighted by Crippen LogP contribution is 2.44. The van der Waals surface area contributed by atoms with Crippen LogP contribution in [0.3, 0.4) is 0 Å². The molecule has 1 aromatic heterocycles. The summed E-state index contributed by atoms with van der Waals surface area (Å²) in [5.74, 6) is -0.425. The van der Waals surface area contributed by atoms with Crippen LogP contribution >= 0.6 is 46.6 Å². The monoisotopic (exact) mass is 706 g/mol. The first-order valence-corrected chi connectivity index (χ1v) is 15.5. The lowest BCUT2D eigenvalue weighted by atomic mass is 10.0. The second-order valence-electron chi connectivity index (χ2n) is 10.4. The van der Waals surface area contributed by atoms with E-state index in [1.54, 1.807) is 19.1 Å². The highest BCUT2D eigenvalue weighted by atomic mass is 35.5. The summed E-state index contributed by atoms with van der Waals surface area (Å²) in [6, 6.07) is 6.61. The number of ether oxygens (including phenoxy) is 1. The van der Waals surface area contributed by atoms with Gasteiger partial charge in [0, 0.05) is 36.0 Å². The number of halogens is 7. The fourth-order valence-corrected chi connectivity index (χ4v) is 7.20. The largest absolute Gasteiger partial charge is 0.494 e. The van der Waals surface area contributed by atoms with Gasteiger partial charge in [0.1, 0.15) is 17.0 Å². The number of benzene rings is 2. The van der Waals surface area contributed by atoms with Crippen LogP contribution in [-0.2, 0) is 18.5 Å². The minimum absolute atomic E-state index is 0.00140. The maximum Gasteiger partial charge on any atom is 0.362 e. The number of carbonyl (C=O) groups excluding carboxylic acids is 2. The zero-order chi connectivity index (χ0) is 32.8. The Morgan fingerprint density at radius 2 is 1.82 bits per heavy atom. The van der Waals surface area contributed by atoms with E-state index >= 15 is 0 Å². The number of hydrogen-bond donors (Lipinski definition) is 1. The lowest BCUT2D eigenvalue weighted by Gasteiger charge is -2.36. The van der Waals surface area contributed by atoms with E-state index in [0.717, 1.165) is 22.7 Å². The fraction of sp³-hybridized carbons (Fsp3) is 0.345. The van der Waals surface area contributed by atoms with Gasteiger partial charge in [-0.25, -0.2) is 13.6 Å². The van der Waals surface area contributed by atoms with Crippen LogP contribution in [0, 0.1) is 6.92 Å². The van der Waals surface area contributed by atoms with Gasteiger partial charge in [-0.3, -0.25) is 14.5 Å². The summed E-state index contributed by atoms with van der Waals surface area (Å²) in [4.78, 5) is 46.2. The molecular formula is C29H25Cl3F4N4O4S. The van der Waals surface area contributed by atoms with Crippen LogP contribution in [-0.4, -0.2) is 59.9 Å². The standard InChI is InChI=1S/C29H25Cl3F4N4O4S/c1-14-16-12-39(11-15(16)9-19(24(14)44-2)40-8-4-7-38(28(40)43)13-22(33)34)27(42)23-20(10-21(29(32,35)36)37-26(23)41)45-25-17(30)5-3-6-18(25)31/h3,5-6,9-10,22H,4,7-8,11-13H2,1-2H3,(H,37,41). The molecule has 1 fully saturated rings. The number of aromatic amines is 1. The van der Waals surface area contributed by atoms with Crippen molar-refractivity contribution in [2.45, 2.75) is 48.0 Å². The van der Waals surface area contributed by atoms with E-state index in [1.165, 1.54) is 29.0 Å². The number of H-pyrrole nitrogens is 1. The predicted molar refractivity (Wildman–Crippen MR) is 164 cm³/mol. The first kappa shape index (κ1) is 33.2. The molecule has 0 atom stereocenters. The fourth-order valence-electron chi connectivity index (χ4n) is 5.46. The molecule has 3 heterocycles. The SMILES string of the molecule is COc1c(N2CCCN(CC(F)F)C2=O)cc2c(c1C)CN(C(=O)c1c(Sc3c(Cl)cccc3Cl)cc(C(F)(F)Cl)[nH]c1=O)C2. The quantitative estimate of drug-likeness (QED) is 0.194. The Labute approximate surface area is 274 Å². The maximum absolute atomic E-state index is 14.1. The third-order valence-electron chi connectivity index (χ3n) is 7.53. The summed E-state index contributed by atoms with van der Waals surface area (Å²) in [6.07, 6.45) is -2.24. The molecule has 0 unspecified atom stereocenters. The van der Waals surface area contributed by atoms with Crippen molar-refractivity contribution in [2.24, 2.45) is 0 Å². The number of methoxy groups -OCH3 is 1. The molecule has 8 nitrogen and oxygen atoms in total. The molecule has 3 aromatic rings. The van der Waals surface area contributed by atoms with Crippen LogP contribution in [0.5, 0.6) is 5.75 Å². The van der Waals surface area contributed by atoms with Crippen molar-refractivity contribution in [1.29, 1.82) is 0 Å². The van der Waals surface area contributed by atoms with Crippen molar-refractivity contribution >= 4 is 64.2 Å². The number of amides is 3. The lowest BCUT2D eigenvalue weighted by molar-refractivity contribution is 0.0740. The van der Waals surface area contributed by atoms with Crippen molar-refractivity contribution in [3.63, 3.8) is 0 Å². The van der Waals surface area contributed by atoms with Gasteiger partial charge in [0.25, 0.3) is 17.9 Å². The number of alkyl halides is 5. The molecule has 2 aliphatic heterocycles. The van der Waals surface area contributed by atoms with Gasteiger partial charge in [0.15, 0.2) is 0 Å². The minimum Gasteiger partial charge on any atom is -0.494 e. The van der Waals surface area contributed by atoms with Crippen LogP contribution in [0.1, 0.15) is 39.2 Å². The summed E-state index contributed by atoms with van der Waals surface area (Å²) in [7, 11) is 1.42. The summed E-state index contributed by atoms with van der Waals surface area (Å²) in [6.45, 7) is 1.53. The van der Waals surface area contributed by atoms with Crippen LogP contribution in [0.2, 0.25) is 10.0 Å². The molecule has 0 aliphatic carbocycles. The third kappa shape index (κ3) is 6.58. The molecule has 0 spiro atoms. The highest BCUT2D eigenvalue weighted by Gasteiger charge is 2.37. The van der Waals surface area contributed by atoms with Crippen LogP contribution in [0.4, 0.5) is 28.0 Å². The van der Waals surface area contributed by atoms with Crippen LogP contribution < -0.4 is 15.2 Å². The van der Waals surface area contributed by atoms with Crippen molar-refractivity contribution < 1.29 is 31.9 Å². The van der Waals surface area contributed by atoms with Gasteiger partial charge in [-0.15, -0.1) is 0 Å². The number of hydrogen-bond acceptors (Lipinski definition) is 5. The van der Waals surface area contributed by atoms with Crippen molar-refractivity contribution in [3.8, 4) is 5.75 Å². The number of aromatic nitrogens is 1. The molecule has 240 valence electrons. The van der Waals surface area contributed by atoms with Crippen LogP contribution in [0.15, 0.2) is 44.9 Å². The van der Waals surface area contributed by atoms with Crippen LogP contribution in [0.25, 0.3) is 0 Å². The average Bonchev–Trinajstić information content (AvgIpc) is 3.40. The second-order valence-corrected chi connectivity index (χ2v) is 12.7. The Kier molecular flexibility index (Phi) is 9.55. The Bertz CT molecular complexity index is 1720. The van der Waals surface area contributed by atoms with Crippen molar-refractivity contribution in [1.82, 2.24) is 14.8 Å². The number of rotatable bonds is 8. The molecule has 0 radical (unpaired) electrons. The van der Waals surface area contributed by atoms with Crippen molar-refractivity contribution in [3.05, 3.63) is 78.7 Å². The highest BCUT2D eigenvalue weighted by molar-refractivity contribution is 7.99. The minimum atomic E-state index is -3.94. The molecule has 0 bridgehead atoms. The summed E-state index contributed by atoms with van der Waals surface area (Å²) < 4.78 is 60.1. The van der Waals surface area contributed by atoms with Gasteiger partial charge in [0.2, 0.25) is 0 Å². The molecule has 2 aromatic carbocycles. The molecule has 45 heavy (non-hydrogen) atoms. The average molecular weight is 708 g/mol. The van der Waals surface area contributed by atoms with E-state index in [2.05, 4.69) is 0 Å². The Hall–Kier alpha value is -3.13.